The van der Waals surface area contributed by atoms with Crippen LogP contribution in [0.5, 0.6) is 0 Å². The third kappa shape index (κ3) is 8.62. The molecule has 1 N–H and O–H groups in total. The summed E-state index contributed by atoms with van der Waals surface area (Å²) in [6.45, 7) is 4.49. The molecule has 0 aromatic heterocycles. The van der Waals surface area contributed by atoms with E-state index in [0.29, 0.717) is 12.1 Å². The van der Waals surface area contributed by atoms with E-state index in [0.717, 1.165) is 6.42 Å². The highest BCUT2D eigenvalue weighted by Gasteiger charge is 2.17. The van der Waals surface area contributed by atoms with Crippen LogP contribution in [-0.4, -0.2) is 26.3 Å². The minimum Gasteiger partial charge on any atom is -0.380 e. The maximum absolute atomic E-state index is 5.58. The molecule has 0 aliphatic heterocycles. The van der Waals surface area contributed by atoms with Crippen molar-refractivity contribution in [3.05, 3.63) is 0 Å². The summed E-state index contributed by atoms with van der Waals surface area (Å²) in [6.07, 6.45) is 12.2. The molecule has 0 saturated heterocycles. The van der Waals surface area contributed by atoms with Gasteiger partial charge in [0.25, 0.3) is 0 Å². The molecule has 0 radical (unpaired) electrons. The fraction of sp³-hybridized carbons (Fsp3) is 1.00. The normalized spacial score (nSPS) is 14.8. The molecule has 0 bridgehead atoms. The Labute approximate surface area is 109 Å². The van der Waals surface area contributed by atoms with E-state index in [1.165, 1.54) is 51.4 Å². The van der Waals surface area contributed by atoms with Crippen LogP contribution in [0.1, 0.15) is 71.6 Å². The van der Waals surface area contributed by atoms with Crippen LogP contribution in [0, 0.1) is 0 Å². The second kappa shape index (κ2) is 12.4. The summed E-state index contributed by atoms with van der Waals surface area (Å²) in [5.74, 6) is 0. The van der Waals surface area contributed by atoms with Crippen molar-refractivity contribution in [2.24, 2.45) is 0 Å². The van der Waals surface area contributed by atoms with Crippen molar-refractivity contribution in [2.75, 3.05) is 14.2 Å². The van der Waals surface area contributed by atoms with Gasteiger partial charge in [0.2, 0.25) is 0 Å². The summed E-state index contributed by atoms with van der Waals surface area (Å²) < 4.78 is 5.58. The molecule has 2 atom stereocenters. The zero-order valence-corrected chi connectivity index (χ0v) is 12.4. The fourth-order valence-corrected chi connectivity index (χ4v) is 2.43. The van der Waals surface area contributed by atoms with Gasteiger partial charge >= 0.3 is 0 Å². The summed E-state index contributed by atoms with van der Waals surface area (Å²) in [5.41, 5.74) is 0. The Morgan fingerprint density at radius 3 is 2.06 bits per heavy atom. The number of rotatable bonds is 12. The number of methoxy groups -OCH3 is 1. The Bertz CT molecular complexity index is 150. The Balaban J connectivity index is 3.65. The van der Waals surface area contributed by atoms with Crippen molar-refractivity contribution in [2.45, 2.75) is 83.8 Å². The number of ether oxygens (including phenoxy) is 1. The number of hydrogen-bond donors (Lipinski definition) is 1. The van der Waals surface area contributed by atoms with Gasteiger partial charge in [0, 0.05) is 13.2 Å². The number of likely N-dealkylation sites (N-methyl/N-ethyl adjacent to an activating group) is 1. The van der Waals surface area contributed by atoms with Gasteiger partial charge in [-0.05, 0) is 19.9 Å². The summed E-state index contributed by atoms with van der Waals surface area (Å²) in [5, 5.41) is 3.41. The van der Waals surface area contributed by atoms with Crippen molar-refractivity contribution < 1.29 is 4.74 Å². The van der Waals surface area contributed by atoms with Crippen molar-refractivity contribution in [3.63, 3.8) is 0 Å². The van der Waals surface area contributed by atoms with Crippen LogP contribution in [-0.2, 0) is 4.74 Å². The zero-order valence-electron chi connectivity index (χ0n) is 12.4. The SMILES string of the molecule is CCCCCCCCC(NC)C(CCC)OC. The lowest BCUT2D eigenvalue weighted by molar-refractivity contribution is 0.0597. The van der Waals surface area contributed by atoms with Crippen molar-refractivity contribution in [3.8, 4) is 0 Å². The molecule has 2 unspecified atom stereocenters. The molecule has 0 spiro atoms. The maximum Gasteiger partial charge on any atom is 0.0724 e. The van der Waals surface area contributed by atoms with Gasteiger partial charge < -0.3 is 10.1 Å². The predicted molar refractivity (Wildman–Crippen MR) is 76.5 cm³/mol. The number of nitrogens with one attached hydrogen (secondary N) is 1. The highest BCUT2D eigenvalue weighted by atomic mass is 16.5. The van der Waals surface area contributed by atoms with Crippen LogP contribution >= 0.6 is 0 Å². The van der Waals surface area contributed by atoms with Crippen molar-refractivity contribution in [1.29, 1.82) is 0 Å². The number of unbranched alkanes of at least 4 members (excludes halogenated alkanes) is 5. The molecule has 2 nitrogen and oxygen atoms in total. The van der Waals surface area contributed by atoms with Crippen LogP contribution in [0.3, 0.4) is 0 Å². The van der Waals surface area contributed by atoms with E-state index in [1.54, 1.807) is 0 Å². The maximum atomic E-state index is 5.58. The lowest BCUT2D eigenvalue weighted by atomic mass is 9.99. The largest absolute Gasteiger partial charge is 0.380 e. The first-order valence-corrected chi connectivity index (χ1v) is 7.50. The van der Waals surface area contributed by atoms with Gasteiger partial charge in [-0.15, -0.1) is 0 Å². The molecule has 104 valence electrons. The quantitative estimate of drug-likeness (QED) is 0.520. The molecule has 0 aliphatic rings. The van der Waals surface area contributed by atoms with Crippen LogP contribution in [0.15, 0.2) is 0 Å². The molecular weight excluding hydrogens is 210 g/mol. The molecule has 0 heterocycles. The molecule has 0 aliphatic carbocycles. The minimum atomic E-state index is 0.389. The molecule has 0 saturated carbocycles. The van der Waals surface area contributed by atoms with Gasteiger partial charge in [-0.2, -0.15) is 0 Å². The van der Waals surface area contributed by atoms with Gasteiger partial charge in [-0.1, -0.05) is 58.8 Å². The Kier molecular flexibility index (Phi) is 12.3. The average Bonchev–Trinajstić information content (AvgIpc) is 2.36. The van der Waals surface area contributed by atoms with Gasteiger partial charge in [0.15, 0.2) is 0 Å². The van der Waals surface area contributed by atoms with E-state index in [1.807, 2.05) is 7.11 Å². The zero-order chi connectivity index (χ0) is 12.9. The summed E-state index contributed by atoms with van der Waals surface area (Å²) in [4.78, 5) is 0. The lowest BCUT2D eigenvalue weighted by Gasteiger charge is -2.25. The van der Waals surface area contributed by atoms with Crippen LogP contribution in [0.2, 0.25) is 0 Å². The van der Waals surface area contributed by atoms with Crippen molar-refractivity contribution >= 4 is 0 Å². The second-order valence-electron chi connectivity index (χ2n) is 5.01. The Morgan fingerprint density at radius 1 is 0.882 bits per heavy atom. The van der Waals surface area contributed by atoms with Gasteiger partial charge in [-0.3, -0.25) is 0 Å². The predicted octanol–water partition coefficient (Wildman–Crippen LogP) is 4.14. The van der Waals surface area contributed by atoms with E-state index < -0.39 is 0 Å². The monoisotopic (exact) mass is 243 g/mol. The standard InChI is InChI=1S/C15H33NO/c1-5-7-8-9-10-11-13-14(16-3)15(17-4)12-6-2/h14-16H,5-13H2,1-4H3. The summed E-state index contributed by atoms with van der Waals surface area (Å²) in [6, 6.07) is 0.533. The first-order valence-electron chi connectivity index (χ1n) is 7.50. The highest BCUT2D eigenvalue weighted by molar-refractivity contribution is 4.75. The van der Waals surface area contributed by atoms with E-state index in [4.69, 9.17) is 4.74 Å². The van der Waals surface area contributed by atoms with Gasteiger partial charge in [0.1, 0.15) is 0 Å². The summed E-state index contributed by atoms with van der Waals surface area (Å²) in [7, 11) is 3.90. The average molecular weight is 243 g/mol. The molecule has 17 heavy (non-hydrogen) atoms. The smallest absolute Gasteiger partial charge is 0.0724 e. The number of hydrogen-bond acceptors (Lipinski definition) is 2. The van der Waals surface area contributed by atoms with Gasteiger partial charge in [0.05, 0.1) is 6.10 Å². The molecule has 2 heteroatoms. The van der Waals surface area contributed by atoms with Gasteiger partial charge in [-0.25, -0.2) is 0 Å². The van der Waals surface area contributed by atoms with Crippen molar-refractivity contribution in [1.82, 2.24) is 5.32 Å². The van der Waals surface area contributed by atoms with Crippen LogP contribution in [0.25, 0.3) is 0 Å². The minimum absolute atomic E-state index is 0.389. The third-order valence-electron chi connectivity index (χ3n) is 3.56. The molecule has 0 aromatic carbocycles. The van der Waals surface area contributed by atoms with E-state index in [-0.39, 0.29) is 0 Å². The molecule has 0 amide bonds. The lowest BCUT2D eigenvalue weighted by Crippen LogP contribution is -2.38. The molecule has 0 aromatic rings. The second-order valence-corrected chi connectivity index (χ2v) is 5.01. The first-order chi connectivity index (χ1) is 8.29. The topological polar surface area (TPSA) is 21.3 Å². The van der Waals surface area contributed by atoms with E-state index in [2.05, 4.69) is 26.2 Å². The van der Waals surface area contributed by atoms with Crippen LogP contribution < -0.4 is 5.32 Å². The molecule has 0 fully saturated rings. The van der Waals surface area contributed by atoms with Crippen LogP contribution in [0.4, 0.5) is 0 Å². The molecule has 0 rings (SSSR count). The highest BCUT2D eigenvalue weighted by Crippen LogP contribution is 2.14. The third-order valence-corrected chi connectivity index (χ3v) is 3.56. The first kappa shape index (κ1) is 16.9. The Hall–Kier alpha value is -0.0800. The summed E-state index contributed by atoms with van der Waals surface area (Å²) >= 11 is 0. The molecular formula is C15H33NO. The van der Waals surface area contributed by atoms with E-state index >= 15 is 0 Å². The van der Waals surface area contributed by atoms with E-state index in [9.17, 15) is 0 Å². The Morgan fingerprint density at radius 2 is 1.53 bits per heavy atom. The fourth-order valence-electron chi connectivity index (χ4n) is 2.43.